The summed E-state index contributed by atoms with van der Waals surface area (Å²) in [5.41, 5.74) is 3.57. The number of H-pyrrole nitrogens is 1. The Bertz CT molecular complexity index is 1730. The number of hydrogen-bond acceptors (Lipinski definition) is 7. The number of nitrogens with one attached hydrogen (secondary N) is 2. The Morgan fingerprint density at radius 2 is 1.82 bits per heavy atom. The monoisotopic (exact) mass is 496 g/mol. The fourth-order valence-electron chi connectivity index (χ4n) is 3.72. The average molecular weight is 497 g/mol. The smallest absolute Gasteiger partial charge is 0.325 e. The lowest BCUT2D eigenvalue weighted by Gasteiger charge is -2.09. The van der Waals surface area contributed by atoms with Gasteiger partial charge in [0.2, 0.25) is 10.0 Å². The van der Waals surface area contributed by atoms with Gasteiger partial charge in [0.05, 0.1) is 33.5 Å². The van der Waals surface area contributed by atoms with Gasteiger partial charge in [-0.15, -0.1) is 11.3 Å². The van der Waals surface area contributed by atoms with E-state index in [1.165, 1.54) is 22.2 Å². The van der Waals surface area contributed by atoms with E-state index in [-0.39, 0.29) is 18.0 Å². The first kappa shape index (κ1) is 22.2. The molecule has 5 aromatic rings. The highest BCUT2D eigenvalue weighted by Gasteiger charge is 2.16. The van der Waals surface area contributed by atoms with Crippen LogP contribution in [-0.4, -0.2) is 32.5 Å². The Labute approximate surface area is 197 Å². The molecule has 3 heterocycles. The fraction of sp³-hybridized carbons (Fsp3) is 0.182. The molecule has 2 aromatic carbocycles. The van der Waals surface area contributed by atoms with Gasteiger partial charge in [0.1, 0.15) is 0 Å². The van der Waals surface area contributed by atoms with Crippen molar-refractivity contribution in [2.75, 3.05) is 0 Å². The minimum atomic E-state index is -3.70. The number of rotatable bonds is 7. The van der Waals surface area contributed by atoms with Crippen molar-refractivity contribution in [2.45, 2.75) is 31.5 Å². The predicted octanol–water partition coefficient (Wildman–Crippen LogP) is 2.04. The Balaban J connectivity index is 1.33. The molecule has 2 N–H and O–H groups in total. The summed E-state index contributed by atoms with van der Waals surface area (Å²) in [7, 11) is -3.70. The molecule has 0 fully saturated rings. The van der Waals surface area contributed by atoms with Crippen molar-refractivity contribution >= 4 is 42.7 Å². The quantitative estimate of drug-likeness (QED) is 0.354. The maximum atomic E-state index is 12.7. The number of hydrogen-bond donors (Lipinski definition) is 2. The maximum Gasteiger partial charge on any atom is 0.330 e. The fourth-order valence-corrected chi connectivity index (χ4v) is 5.42. The molecule has 10 nitrogen and oxygen atoms in total. The second kappa shape index (κ2) is 8.63. The third kappa shape index (κ3) is 4.06. The van der Waals surface area contributed by atoms with Gasteiger partial charge in [0, 0.05) is 13.1 Å². The molecule has 0 saturated carbocycles. The van der Waals surface area contributed by atoms with Crippen molar-refractivity contribution < 1.29 is 8.42 Å². The van der Waals surface area contributed by atoms with Crippen LogP contribution in [0.4, 0.5) is 0 Å². The van der Waals surface area contributed by atoms with Gasteiger partial charge in [-0.3, -0.25) is 14.3 Å². The highest BCUT2D eigenvalue weighted by molar-refractivity contribution is 7.89. The van der Waals surface area contributed by atoms with Gasteiger partial charge in [-0.1, -0.05) is 24.3 Å². The van der Waals surface area contributed by atoms with Crippen molar-refractivity contribution in [3.63, 3.8) is 0 Å². The van der Waals surface area contributed by atoms with Gasteiger partial charge in [-0.05, 0) is 36.2 Å². The topological polar surface area (TPSA) is 132 Å². The van der Waals surface area contributed by atoms with Gasteiger partial charge in [-0.2, -0.15) is 0 Å². The van der Waals surface area contributed by atoms with Crippen molar-refractivity contribution in [3.8, 4) is 0 Å². The van der Waals surface area contributed by atoms with E-state index in [0.717, 1.165) is 15.8 Å². The summed E-state index contributed by atoms with van der Waals surface area (Å²) < 4.78 is 32.0. The lowest BCUT2D eigenvalue weighted by molar-refractivity contribution is 0.581. The molecule has 0 bridgehead atoms. The molecule has 0 saturated heterocycles. The molecule has 34 heavy (non-hydrogen) atoms. The van der Waals surface area contributed by atoms with Crippen molar-refractivity contribution in [3.05, 3.63) is 86.3 Å². The number of thiazole rings is 1. The van der Waals surface area contributed by atoms with E-state index in [2.05, 4.69) is 19.7 Å². The molecular formula is C22H20N6O4S2. The van der Waals surface area contributed by atoms with Crippen LogP contribution in [0, 0.1) is 0 Å². The van der Waals surface area contributed by atoms with E-state index in [9.17, 15) is 18.0 Å². The van der Waals surface area contributed by atoms with Gasteiger partial charge < -0.3 is 4.57 Å². The molecule has 5 rings (SSSR count). The highest BCUT2D eigenvalue weighted by atomic mass is 32.2. The Kier molecular flexibility index (Phi) is 5.63. The van der Waals surface area contributed by atoms with Crippen LogP contribution in [0.25, 0.3) is 21.4 Å². The summed E-state index contributed by atoms with van der Waals surface area (Å²) in [6.07, 6.45) is 1.54. The molecule has 0 unspecified atom stereocenters. The highest BCUT2D eigenvalue weighted by Crippen LogP contribution is 2.21. The van der Waals surface area contributed by atoms with Crippen LogP contribution >= 0.6 is 11.3 Å². The number of nitrogens with zero attached hydrogens (tertiary/aromatic N) is 4. The van der Waals surface area contributed by atoms with E-state index in [1.807, 2.05) is 19.1 Å². The molecule has 3 aromatic heterocycles. The zero-order chi connectivity index (χ0) is 23.9. The summed E-state index contributed by atoms with van der Waals surface area (Å²) in [5, 5.41) is 0. The largest absolute Gasteiger partial charge is 0.330 e. The number of aromatic amines is 1. The molecule has 0 atom stereocenters. The summed E-state index contributed by atoms with van der Waals surface area (Å²) >= 11 is 1.45. The molecule has 0 aliphatic rings. The number of aromatic nitrogens is 5. The predicted molar refractivity (Wildman–Crippen MR) is 129 cm³/mol. The lowest BCUT2D eigenvalue weighted by atomic mass is 10.1. The van der Waals surface area contributed by atoms with Gasteiger partial charge in [0.15, 0.2) is 11.2 Å². The summed E-state index contributed by atoms with van der Waals surface area (Å²) in [6, 6.07) is 12.1. The lowest BCUT2D eigenvalue weighted by Crippen LogP contribution is -2.31. The van der Waals surface area contributed by atoms with Crippen LogP contribution in [0.1, 0.15) is 18.1 Å². The third-order valence-corrected chi connectivity index (χ3v) is 7.75. The summed E-state index contributed by atoms with van der Waals surface area (Å²) in [4.78, 5) is 35.5. The summed E-state index contributed by atoms with van der Waals surface area (Å²) in [5.74, 6) is 0. The van der Waals surface area contributed by atoms with Crippen LogP contribution in [0.2, 0.25) is 0 Å². The second-order valence-electron chi connectivity index (χ2n) is 7.67. The van der Waals surface area contributed by atoms with E-state index in [4.69, 9.17) is 0 Å². The molecule has 0 spiro atoms. The molecule has 0 aliphatic carbocycles. The molecule has 174 valence electrons. The first-order valence-corrected chi connectivity index (χ1v) is 12.8. The van der Waals surface area contributed by atoms with E-state index >= 15 is 0 Å². The average Bonchev–Trinajstić information content (AvgIpc) is 3.48. The van der Waals surface area contributed by atoms with Gasteiger partial charge >= 0.3 is 5.69 Å². The van der Waals surface area contributed by atoms with E-state index in [1.54, 1.807) is 40.4 Å². The van der Waals surface area contributed by atoms with Crippen molar-refractivity contribution in [1.29, 1.82) is 0 Å². The van der Waals surface area contributed by atoms with Crippen LogP contribution in [-0.2, 0) is 29.7 Å². The molecule has 12 heteroatoms. The normalized spacial score (nSPS) is 12.0. The molecule has 0 radical (unpaired) electrons. The van der Waals surface area contributed by atoms with Crippen LogP contribution in [0.15, 0.2) is 68.8 Å². The van der Waals surface area contributed by atoms with Crippen LogP contribution in [0.3, 0.4) is 0 Å². The van der Waals surface area contributed by atoms with Crippen molar-refractivity contribution in [1.82, 2.24) is 28.8 Å². The molecular weight excluding hydrogens is 476 g/mol. The van der Waals surface area contributed by atoms with Crippen LogP contribution in [0.5, 0.6) is 0 Å². The standard InChI is InChI=1S/C22H20N6O4S2/c1-2-27-12-23-20-19(27)21(29)26-22(30)28(20)11-15-5-3-14(4-6-15)10-25-34(31,32)16-7-8-18-17(9-16)24-13-33-18/h3-9,12-13,25H,2,10-11H2,1H3,(H,26,29,30). The van der Waals surface area contributed by atoms with Crippen molar-refractivity contribution in [2.24, 2.45) is 0 Å². The van der Waals surface area contributed by atoms with Gasteiger partial charge in [0.25, 0.3) is 5.56 Å². The van der Waals surface area contributed by atoms with E-state index in [0.29, 0.717) is 23.2 Å². The minimum Gasteiger partial charge on any atom is -0.325 e. The Morgan fingerprint density at radius 3 is 2.59 bits per heavy atom. The molecule has 0 aliphatic heterocycles. The number of aryl methyl sites for hydroxylation is 1. The zero-order valence-electron chi connectivity index (χ0n) is 18.1. The third-order valence-electron chi connectivity index (χ3n) is 5.54. The number of sulfonamides is 1. The Hall–Kier alpha value is -3.61. The van der Waals surface area contributed by atoms with Gasteiger partial charge in [-0.25, -0.2) is 27.9 Å². The number of benzene rings is 2. The first-order valence-electron chi connectivity index (χ1n) is 10.4. The number of fused-ring (bicyclic) bond motifs is 2. The first-order chi connectivity index (χ1) is 16.4. The second-order valence-corrected chi connectivity index (χ2v) is 10.3. The van der Waals surface area contributed by atoms with Crippen LogP contribution < -0.4 is 16.0 Å². The Morgan fingerprint density at radius 1 is 1.06 bits per heavy atom. The SMILES string of the molecule is CCn1cnc2c1c(=O)[nH]c(=O)n2Cc1ccc(CNS(=O)(=O)c2ccc3scnc3c2)cc1. The minimum absolute atomic E-state index is 0.113. The number of imidazole rings is 1. The van der Waals surface area contributed by atoms with E-state index < -0.39 is 21.3 Å². The summed E-state index contributed by atoms with van der Waals surface area (Å²) in [6.45, 7) is 2.77. The maximum absolute atomic E-state index is 12.7. The zero-order valence-corrected chi connectivity index (χ0v) is 19.7. The molecule has 0 amide bonds.